The van der Waals surface area contributed by atoms with Crippen molar-refractivity contribution < 1.29 is 153 Å². The molecule has 6 amide bonds. The lowest BCUT2D eigenvalue weighted by atomic mass is 9.73. The van der Waals surface area contributed by atoms with E-state index in [0.29, 0.717) is 33.4 Å². The predicted octanol–water partition coefficient (Wildman–Crippen LogP) is 16.2. The van der Waals surface area contributed by atoms with Gasteiger partial charge in [0.15, 0.2) is 0 Å². The molecule has 0 bridgehead atoms. The molecule has 0 aliphatic rings. The fourth-order valence-corrected chi connectivity index (χ4v) is 12.5. The highest BCUT2D eigenvalue weighted by Crippen LogP contribution is 2.46. The Kier molecular flexibility index (Phi) is 48.0. The second-order valence-electron chi connectivity index (χ2n) is 32.5. The molecule has 8 aromatic rings. The molecule has 0 spiro atoms. The van der Waals surface area contributed by atoms with Crippen molar-refractivity contribution in [2.75, 3.05) is 92.1 Å². The maximum atomic E-state index is 12.8. The molecule has 0 saturated heterocycles. The molecule has 0 aliphatic carbocycles. The molecule has 1 unspecified atom stereocenters. The van der Waals surface area contributed by atoms with Gasteiger partial charge in [-0.05, 0) is 221 Å². The van der Waals surface area contributed by atoms with Crippen LogP contribution in [0.15, 0.2) is 291 Å². The van der Waals surface area contributed by atoms with E-state index in [2.05, 4.69) is 84.5 Å². The zero-order chi connectivity index (χ0) is 108. The van der Waals surface area contributed by atoms with Crippen molar-refractivity contribution >= 4 is 107 Å². The first kappa shape index (κ1) is 117. The Labute approximate surface area is 854 Å². The fourth-order valence-electron chi connectivity index (χ4n) is 12.5. The summed E-state index contributed by atoms with van der Waals surface area (Å²) in [7, 11) is 0. The number of benzene rings is 8. The first-order valence-corrected chi connectivity index (χ1v) is 45.9. The predicted molar refractivity (Wildman–Crippen MR) is 540 cm³/mol. The van der Waals surface area contributed by atoms with Crippen molar-refractivity contribution in [3.63, 3.8) is 0 Å². The maximum Gasteiger partial charge on any atom is 0.412 e. The third-order valence-electron chi connectivity index (χ3n) is 19.8. The van der Waals surface area contributed by atoms with E-state index in [1.807, 2.05) is 0 Å². The number of rotatable bonds is 51. The summed E-state index contributed by atoms with van der Waals surface area (Å²) in [5, 5.41) is 15.1. The van der Waals surface area contributed by atoms with E-state index in [1.54, 1.807) is 194 Å². The molecule has 0 radical (unpaired) electrons. The number of ether oxygens (including phenoxy) is 16. The van der Waals surface area contributed by atoms with Crippen molar-refractivity contribution in [1.82, 2.24) is 31.9 Å². The zero-order valence-electron chi connectivity index (χ0n) is 83.1. The van der Waals surface area contributed by atoms with E-state index < -0.39 is 108 Å². The van der Waals surface area contributed by atoms with Crippen LogP contribution in [0.1, 0.15) is 137 Å². The Morgan fingerprint density at radius 3 is 0.500 bits per heavy atom. The standard InChI is InChI=1S/C55H59N3O16.C55H57N3O16/c2*1-34(2)49(60)67-30-9-10-46(59)71-42-19-11-38(12-20-42)47(39-13-21-43(22-14-39)72-53(64)56-27-31-68-50(61)35(3)4)48(40-15-23-44(24-16-40)73-54(65)57-28-32-69-51(62)36(5)6)41-17-25-45(26-18-41)74-55(66)58-29-33-70-52(63)37(7)8/h11-26,47-48H,1,3,5,7,9-10,27-33H2,2,4,6,8H3,(H,56,64)(H,57,65)(H,58,66);11-26H,1,3,5,7,9-10,27-33H2,2,4,6,8H3,(H,56,64)(H,57,65)(H,58,66). The minimum atomic E-state index is -0.803. The summed E-state index contributed by atoms with van der Waals surface area (Å²) >= 11 is 0. The van der Waals surface area contributed by atoms with Crippen LogP contribution in [-0.2, 0) is 85.8 Å². The van der Waals surface area contributed by atoms with Gasteiger partial charge in [0.25, 0.3) is 0 Å². The number of nitrogens with one attached hydrogen (secondary N) is 6. The van der Waals surface area contributed by atoms with Crippen LogP contribution < -0.4 is 69.8 Å². The van der Waals surface area contributed by atoms with Crippen LogP contribution in [0.2, 0.25) is 0 Å². The monoisotopic (exact) mass is 2030 g/mol. The number of hydrogen-bond acceptors (Lipinski definition) is 32. The van der Waals surface area contributed by atoms with E-state index in [4.69, 9.17) is 75.8 Å². The summed E-state index contributed by atoms with van der Waals surface area (Å²) in [6.07, 6.45) is -4.39. The SMILES string of the molecule is C=C(C)C(=O)OCCCC(=O)Oc1ccc(C(=C(c2ccc(OC(=O)NCCOC(=O)C(=C)C)cc2)c2ccc(OC(=O)NCCOC(=O)C(=C)C)cc2)c2ccc(OC(=O)NCCOC(=O)C(=C)C)cc2)cc1.C=C(C)C(=O)OCCCC(=O)Oc1ccc(C(c2ccc(OC(=O)NCCOC(=O)C(=C)C)cc2)C(c2ccc(OC(=O)NCCOC(=O)C(=C)C)cc2)c2ccc(OC(=O)NCCOC(=O)C(=C)C)cc2)cc1. The largest absolute Gasteiger partial charge is 0.462 e. The molecule has 8 rings (SSSR count). The molecule has 0 aliphatic heterocycles. The van der Waals surface area contributed by atoms with Crippen LogP contribution in [0.5, 0.6) is 46.0 Å². The van der Waals surface area contributed by atoms with E-state index in [0.717, 1.165) is 22.3 Å². The molecule has 148 heavy (non-hydrogen) atoms. The summed E-state index contributed by atoms with van der Waals surface area (Å²) in [5.41, 5.74) is 8.28. The van der Waals surface area contributed by atoms with Gasteiger partial charge in [-0.1, -0.05) is 150 Å². The number of carbonyl (C=O) groups excluding carboxylic acids is 16. The highest BCUT2D eigenvalue weighted by atomic mass is 16.6. The van der Waals surface area contributed by atoms with Gasteiger partial charge in [-0.2, -0.15) is 0 Å². The number of hydrogen-bond donors (Lipinski definition) is 6. The van der Waals surface area contributed by atoms with Gasteiger partial charge in [-0.25, -0.2) is 67.1 Å². The Balaban J connectivity index is 0.000000401. The minimum absolute atomic E-state index is 0.00228. The molecule has 38 heteroatoms. The highest BCUT2D eigenvalue weighted by Gasteiger charge is 2.31. The number of amides is 6. The van der Waals surface area contributed by atoms with E-state index in [9.17, 15) is 76.7 Å². The third-order valence-corrected chi connectivity index (χ3v) is 19.8. The van der Waals surface area contributed by atoms with Gasteiger partial charge in [-0.15, -0.1) is 0 Å². The lowest BCUT2D eigenvalue weighted by Gasteiger charge is -2.30. The van der Waals surface area contributed by atoms with Crippen molar-refractivity contribution in [2.45, 2.75) is 92.9 Å². The molecule has 8 aromatic carbocycles. The lowest BCUT2D eigenvalue weighted by Crippen LogP contribution is -2.30. The van der Waals surface area contributed by atoms with Crippen LogP contribution in [0, 0.1) is 0 Å². The van der Waals surface area contributed by atoms with Gasteiger partial charge in [0.2, 0.25) is 0 Å². The van der Waals surface area contributed by atoms with E-state index in [-0.39, 0.29) is 208 Å². The van der Waals surface area contributed by atoms with Gasteiger partial charge in [0.1, 0.15) is 85.6 Å². The van der Waals surface area contributed by atoms with Gasteiger partial charge >= 0.3 is 96.3 Å². The smallest absolute Gasteiger partial charge is 0.412 e. The van der Waals surface area contributed by atoms with Gasteiger partial charge < -0.3 is 108 Å². The molecule has 778 valence electrons. The van der Waals surface area contributed by atoms with Crippen LogP contribution in [0.25, 0.3) is 11.1 Å². The molecular weight excluding hydrogens is 1920 g/mol. The Morgan fingerprint density at radius 1 is 0.203 bits per heavy atom. The maximum absolute atomic E-state index is 12.8. The van der Waals surface area contributed by atoms with Gasteiger partial charge in [0, 0.05) is 69.3 Å². The lowest BCUT2D eigenvalue weighted by molar-refractivity contribution is -0.141. The van der Waals surface area contributed by atoms with Crippen molar-refractivity contribution in [3.05, 3.63) is 336 Å². The summed E-state index contributed by atoms with van der Waals surface area (Å²) < 4.78 is 84.5. The van der Waals surface area contributed by atoms with E-state index >= 15 is 0 Å². The Bertz CT molecular complexity index is 5440. The van der Waals surface area contributed by atoms with E-state index in [1.165, 1.54) is 55.4 Å². The molecular formula is C110H116N6O32. The second kappa shape index (κ2) is 60.9. The van der Waals surface area contributed by atoms with Crippen LogP contribution in [0.4, 0.5) is 28.8 Å². The summed E-state index contributed by atoms with van der Waals surface area (Å²) in [6.45, 7) is 39.5. The molecule has 38 nitrogen and oxygen atoms in total. The van der Waals surface area contributed by atoms with Crippen molar-refractivity contribution in [1.29, 1.82) is 0 Å². The Hall–Kier alpha value is -18.3. The normalized spacial score (nSPS) is 10.5. The van der Waals surface area contributed by atoms with Gasteiger partial charge in [0.05, 0.1) is 52.5 Å². The van der Waals surface area contributed by atoms with Crippen LogP contribution >= 0.6 is 0 Å². The van der Waals surface area contributed by atoms with Gasteiger partial charge in [-0.3, -0.25) is 9.59 Å². The molecule has 0 aromatic heterocycles. The van der Waals surface area contributed by atoms with Crippen LogP contribution in [-0.4, -0.2) is 188 Å². The topological polar surface area (TPSA) is 493 Å². The second-order valence-corrected chi connectivity index (χ2v) is 32.5. The average Bonchev–Trinajstić information content (AvgIpc) is 0.779. The summed E-state index contributed by atoms with van der Waals surface area (Å²) in [6, 6.07) is 53.5. The average molecular weight is 2030 g/mol. The molecule has 0 fully saturated rings. The minimum Gasteiger partial charge on any atom is -0.462 e. The molecule has 1 atom stereocenters. The number of esters is 10. The Morgan fingerprint density at radius 2 is 0.345 bits per heavy atom. The quantitative estimate of drug-likeness (QED) is 0.00515. The summed E-state index contributed by atoms with van der Waals surface area (Å²) in [4.78, 5) is 195. The summed E-state index contributed by atoms with van der Waals surface area (Å²) in [5.74, 6) is -5.34. The number of carbonyl (C=O) groups is 16. The van der Waals surface area contributed by atoms with Crippen molar-refractivity contribution in [3.8, 4) is 46.0 Å². The highest BCUT2D eigenvalue weighted by molar-refractivity contribution is 6.05. The van der Waals surface area contributed by atoms with Crippen LogP contribution in [0.3, 0.4) is 0 Å². The molecule has 0 heterocycles. The zero-order valence-corrected chi connectivity index (χ0v) is 83.1. The molecule has 0 saturated carbocycles. The third kappa shape index (κ3) is 41.7. The fraction of sp³-hybridized carbons (Fsp3) is 0.255. The molecule has 6 N–H and O–H groups in total. The first-order valence-electron chi connectivity index (χ1n) is 45.9. The first-order chi connectivity index (χ1) is 70.6. The van der Waals surface area contributed by atoms with Crippen molar-refractivity contribution in [2.24, 2.45) is 0 Å².